The number of aromatic nitrogens is 4. The van der Waals surface area contributed by atoms with E-state index < -0.39 is 0 Å². The smallest absolute Gasteiger partial charge is 0.250 e. The van der Waals surface area contributed by atoms with Gasteiger partial charge in [0.05, 0.1) is 29.0 Å². The summed E-state index contributed by atoms with van der Waals surface area (Å²) in [7, 11) is 0. The van der Waals surface area contributed by atoms with Crippen molar-refractivity contribution in [2.24, 2.45) is 5.10 Å². The third-order valence-electron chi connectivity index (χ3n) is 5.68. The van der Waals surface area contributed by atoms with Crippen LogP contribution in [-0.4, -0.2) is 37.9 Å². The van der Waals surface area contributed by atoms with Crippen LogP contribution in [0.2, 0.25) is 0 Å². The van der Waals surface area contributed by atoms with E-state index in [-0.39, 0.29) is 11.7 Å². The van der Waals surface area contributed by atoms with E-state index in [0.29, 0.717) is 0 Å². The summed E-state index contributed by atoms with van der Waals surface area (Å²) in [6.45, 7) is 3.91. The van der Waals surface area contributed by atoms with Crippen LogP contribution in [0.25, 0.3) is 16.5 Å². The van der Waals surface area contributed by atoms with E-state index in [9.17, 15) is 4.79 Å². The Morgan fingerprint density at radius 2 is 1.70 bits per heavy atom. The molecule has 5 aromatic rings. The van der Waals surface area contributed by atoms with E-state index in [1.807, 2.05) is 48.9 Å². The van der Waals surface area contributed by atoms with Crippen LogP contribution < -0.4 is 5.43 Å². The Hall–Kier alpha value is -3.47. The highest BCUT2D eigenvalue weighted by atomic mass is 32.2. The first-order valence-corrected chi connectivity index (χ1v) is 14.4. The Labute approximate surface area is 227 Å². The molecule has 0 fully saturated rings. The van der Waals surface area contributed by atoms with Crippen LogP contribution in [0.5, 0.6) is 0 Å². The minimum atomic E-state index is -0.202. The molecule has 0 radical (unpaired) electrons. The van der Waals surface area contributed by atoms with Crippen LogP contribution >= 0.6 is 34.9 Å². The Morgan fingerprint density at radius 3 is 2.54 bits per heavy atom. The minimum Gasteiger partial charge on any atom is -0.272 e. The Kier molecular flexibility index (Phi) is 7.98. The third kappa shape index (κ3) is 6.10. The van der Waals surface area contributed by atoms with Gasteiger partial charge in [0.1, 0.15) is 0 Å². The molecule has 10 heteroatoms. The van der Waals surface area contributed by atoms with Gasteiger partial charge in [0.15, 0.2) is 8.68 Å². The fourth-order valence-electron chi connectivity index (χ4n) is 3.86. The number of amides is 1. The maximum atomic E-state index is 12.3. The van der Waals surface area contributed by atoms with Gasteiger partial charge in [-0.05, 0) is 42.3 Å². The average molecular weight is 545 g/mol. The lowest BCUT2D eigenvalue weighted by atomic mass is 10.1. The number of benzene rings is 3. The molecular formula is C27H24N6OS3. The molecule has 5 rings (SSSR count). The van der Waals surface area contributed by atoms with Gasteiger partial charge in [0.2, 0.25) is 0 Å². The number of hydrogen-bond acceptors (Lipinski definition) is 8. The highest BCUT2D eigenvalue weighted by Crippen LogP contribution is 2.32. The van der Waals surface area contributed by atoms with Crippen molar-refractivity contribution in [1.29, 1.82) is 0 Å². The molecule has 3 aromatic carbocycles. The summed E-state index contributed by atoms with van der Waals surface area (Å²) in [6, 6.07) is 24.7. The molecule has 1 N–H and O–H groups in total. The molecule has 0 aliphatic rings. The number of carbonyl (C=O) groups is 1. The standard InChI is InChI=1S/C27H24N6OS3/c1-18-24(19(2)33(32-18)22-12-4-3-5-13-22)15-28-29-25(34)17-36-27-31-30-26(37-27)35-16-21-11-8-10-20-9-6-7-14-23(20)21/h3-15H,16-17H2,1-2H3,(H,29,34)/b28-15+. The molecule has 1 amide bonds. The average Bonchev–Trinajstić information content (AvgIpc) is 3.50. The highest BCUT2D eigenvalue weighted by Gasteiger charge is 2.12. The van der Waals surface area contributed by atoms with Crippen molar-refractivity contribution in [2.75, 3.05) is 5.75 Å². The Morgan fingerprint density at radius 1 is 0.973 bits per heavy atom. The lowest BCUT2D eigenvalue weighted by Gasteiger charge is -2.04. The summed E-state index contributed by atoms with van der Waals surface area (Å²) in [5.74, 6) is 0.823. The highest BCUT2D eigenvalue weighted by molar-refractivity contribution is 8.03. The SMILES string of the molecule is Cc1nn(-c2ccccc2)c(C)c1/C=N/NC(=O)CSc1nnc(SCc2cccc3ccccc23)s1. The van der Waals surface area contributed by atoms with Crippen molar-refractivity contribution in [1.82, 2.24) is 25.4 Å². The van der Waals surface area contributed by atoms with Gasteiger partial charge >= 0.3 is 0 Å². The minimum absolute atomic E-state index is 0.202. The molecule has 0 aliphatic carbocycles. The van der Waals surface area contributed by atoms with Crippen molar-refractivity contribution >= 4 is 57.8 Å². The van der Waals surface area contributed by atoms with Crippen molar-refractivity contribution in [3.05, 3.63) is 95.3 Å². The topological polar surface area (TPSA) is 85.1 Å². The molecule has 0 spiro atoms. The first kappa shape index (κ1) is 25.2. The van der Waals surface area contributed by atoms with Gasteiger partial charge in [-0.15, -0.1) is 10.2 Å². The maximum absolute atomic E-state index is 12.3. The monoisotopic (exact) mass is 544 g/mol. The second kappa shape index (κ2) is 11.7. The zero-order valence-corrected chi connectivity index (χ0v) is 22.7. The number of para-hydroxylation sites is 1. The molecule has 7 nitrogen and oxygen atoms in total. The molecule has 2 heterocycles. The molecule has 186 valence electrons. The van der Waals surface area contributed by atoms with E-state index in [4.69, 9.17) is 0 Å². The van der Waals surface area contributed by atoms with Crippen molar-refractivity contribution in [2.45, 2.75) is 28.3 Å². The zero-order chi connectivity index (χ0) is 25.6. The molecule has 2 aromatic heterocycles. The van der Waals surface area contributed by atoms with E-state index in [1.165, 1.54) is 39.4 Å². The summed E-state index contributed by atoms with van der Waals surface area (Å²) in [5, 5.41) is 19.7. The van der Waals surface area contributed by atoms with Crippen LogP contribution in [0.4, 0.5) is 0 Å². The number of fused-ring (bicyclic) bond motifs is 1. The summed E-state index contributed by atoms with van der Waals surface area (Å²) in [5.41, 5.74) is 7.53. The predicted molar refractivity (Wildman–Crippen MR) is 153 cm³/mol. The largest absolute Gasteiger partial charge is 0.272 e. The lowest BCUT2D eigenvalue weighted by Crippen LogP contribution is -2.19. The molecular weight excluding hydrogens is 521 g/mol. The van der Waals surface area contributed by atoms with Crippen molar-refractivity contribution in [3.8, 4) is 5.69 Å². The lowest BCUT2D eigenvalue weighted by molar-refractivity contribution is -0.118. The first-order chi connectivity index (χ1) is 18.1. The number of nitrogens with one attached hydrogen (secondary N) is 1. The Balaban J connectivity index is 1.12. The van der Waals surface area contributed by atoms with Gasteiger partial charge in [0.25, 0.3) is 5.91 Å². The van der Waals surface area contributed by atoms with Gasteiger partial charge in [-0.3, -0.25) is 4.79 Å². The van der Waals surface area contributed by atoms with E-state index >= 15 is 0 Å². The molecule has 0 saturated heterocycles. The van der Waals surface area contributed by atoms with Gasteiger partial charge in [-0.2, -0.15) is 10.2 Å². The number of aryl methyl sites for hydroxylation is 1. The van der Waals surface area contributed by atoms with Crippen LogP contribution in [0.3, 0.4) is 0 Å². The van der Waals surface area contributed by atoms with Crippen LogP contribution in [-0.2, 0) is 10.5 Å². The first-order valence-electron chi connectivity index (χ1n) is 11.6. The molecule has 0 saturated carbocycles. The second-order valence-corrected chi connectivity index (χ2v) is 11.6. The summed E-state index contributed by atoms with van der Waals surface area (Å²) in [4.78, 5) is 12.3. The Bertz CT molecular complexity index is 1560. The zero-order valence-electron chi connectivity index (χ0n) is 20.3. The van der Waals surface area contributed by atoms with Gasteiger partial charge in [0, 0.05) is 11.3 Å². The number of hydrazone groups is 1. The number of nitrogens with zero attached hydrogens (tertiary/aromatic N) is 5. The summed E-state index contributed by atoms with van der Waals surface area (Å²) < 4.78 is 3.52. The van der Waals surface area contributed by atoms with Crippen molar-refractivity contribution < 1.29 is 4.79 Å². The number of thioether (sulfide) groups is 2. The second-order valence-electron chi connectivity index (χ2n) is 8.17. The molecule has 0 unspecified atom stereocenters. The van der Waals surface area contributed by atoms with Gasteiger partial charge in [-0.1, -0.05) is 95.5 Å². The predicted octanol–water partition coefficient (Wildman–Crippen LogP) is 6.03. The summed E-state index contributed by atoms with van der Waals surface area (Å²) >= 11 is 4.51. The van der Waals surface area contributed by atoms with Gasteiger partial charge < -0.3 is 0 Å². The summed E-state index contributed by atoms with van der Waals surface area (Å²) in [6.07, 6.45) is 1.65. The fourth-order valence-corrected chi connectivity index (χ4v) is 6.68. The van der Waals surface area contributed by atoms with Crippen LogP contribution in [0, 0.1) is 13.8 Å². The van der Waals surface area contributed by atoms with Crippen LogP contribution in [0.15, 0.2) is 86.6 Å². The number of rotatable bonds is 9. The third-order valence-corrected chi connectivity index (χ3v) is 8.92. The van der Waals surface area contributed by atoms with E-state index in [2.05, 4.69) is 68.3 Å². The van der Waals surface area contributed by atoms with Gasteiger partial charge in [-0.25, -0.2) is 10.1 Å². The van der Waals surface area contributed by atoms with Crippen molar-refractivity contribution in [3.63, 3.8) is 0 Å². The molecule has 37 heavy (non-hydrogen) atoms. The molecule has 0 atom stereocenters. The van der Waals surface area contributed by atoms with E-state index in [1.54, 1.807) is 18.0 Å². The van der Waals surface area contributed by atoms with E-state index in [0.717, 1.165) is 37.1 Å². The quantitative estimate of drug-likeness (QED) is 0.139. The maximum Gasteiger partial charge on any atom is 0.250 e. The molecule has 0 bridgehead atoms. The number of carbonyl (C=O) groups excluding carboxylic acids is 1. The molecule has 0 aliphatic heterocycles. The normalized spacial score (nSPS) is 11.4. The number of hydrogen-bond donors (Lipinski definition) is 1. The van der Waals surface area contributed by atoms with Crippen LogP contribution in [0.1, 0.15) is 22.5 Å². The fraction of sp³-hybridized carbons (Fsp3) is 0.148.